The molecule has 15 heavy (non-hydrogen) atoms. The van der Waals surface area contributed by atoms with Crippen LogP contribution in [0.2, 0.25) is 0 Å². The Bertz CT molecular complexity index is 232. The number of nitrogens with zero attached hydrogens (tertiary/aromatic N) is 2. The van der Waals surface area contributed by atoms with Crippen molar-refractivity contribution in [2.45, 2.75) is 64.1 Å². The maximum absolute atomic E-state index is 8.86. The Balaban J connectivity index is 2.46. The molecule has 1 saturated heterocycles. The third-order valence-corrected chi connectivity index (χ3v) is 3.52. The molecule has 3 heteroatoms. The van der Waals surface area contributed by atoms with Gasteiger partial charge in [-0.05, 0) is 40.0 Å². The van der Waals surface area contributed by atoms with Crippen molar-refractivity contribution < 1.29 is 0 Å². The molecule has 3 atom stereocenters. The van der Waals surface area contributed by atoms with Crippen molar-refractivity contribution in [2.24, 2.45) is 5.73 Å². The highest BCUT2D eigenvalue weighted by Crippen LogP contribution is 2.23. The fraction of sp³-hybridized carbons (Fsp3) is 0.917. The molecule has 1 heterocycles. The summed E-state index contributed by atoms with van der Waals surface area (Å²) < 4.78 is 0. The van der Waals surface area contributed by atoms with Crippen LogP contribution in [0.15, 0.2) is 0 Å². The van der Waals surface area contributed by atoms with Crippen LogP contribution in [0.4, 0.5) is 0 Å². The van der Waals surface area contributed by atoms with Gasteiger partial charge in [-0.25, -0.2) is 0 Å². The predicted octanol–water partition coefficient (Wildman–Crippen LogP) is 1.88. The zero-order chi connectivity index (χ0) is 11.5. The predicted molar refractivity (Wildman–Crippen MR) is 62.3 cm³/mol. The second kappa shape index (κ2) is 4.96. The molecule has 0 aromatic heterocycles. The van der Waals surface area contributed by atoms with E-state index in [2.05, 4.69) is 24.8 Å². The van der Waals surface area contributed by atoms with E-state index in [1.165, 1.54) is 19.3 Å². The normalized spacial score (nSPS) is 31.9. The second-order valence-corrected chi connectivity index (χ2v) is 5.15. The lowest BCUT2D eigenvalue weighted by atomic mass is 9.95. The second-order valence-electron chi connectivity index (χ2n) is 5.15. The molecule has 0 aromatic carbocycles. The van der Waals surface area contributed by atoms with Crippen molar-refractivity contribution >= 4 is 0 Å². The van der Waals surface area contributed by atoms with Crippen LogP contribution in [0, 0.1) is 11.3 Å². The van der Waals surface area contributed by atoms with E-state index >= 15 is 0 Å². The van der Waals surface area contributed by atoms with Gasteiger partial charge in [0.1, 0.15) is 5.54 Å². The topological polar surface area (TPSA) is 53.0 Å². The standard InChI is InChI=1S/C12H23N3/c1-10-5-4-6-11(2)15(10)8-7-12(3,14)9-13/h10-11H,4-8,14H2,1-3H3/t10-,11+,12?. The highest BCUT2D eigenvalue weighted by atomic mass is 15.2. The van der Waals surface area contributed by atoms with Gasteiger partial charge in [0, 0.05) is 18.6 Å². The maximum Gasteiger partial charge on any atom is 0.102 e. The Morgan fingerprint density at radius 2 is 1.93 bits per heavy atom. The minimum absolute atomic E-state index is 0.642. The lowest BCUT2D eigenvalue weighted by Crippen LogP contribution is -2.47. The minimum Gasteiger partial charge on any atom is -0.314 e. The molecule has 1 aliphatic heterocycles. The van der Waals surface area contributed by atoms with E-state index in [9.17, 15) is 0 Å². The quantitative estimate of drug-likeness (QED) is 0.772. The molecule has 1 aliphatic rings. The number of piperidine rings is 1. The molecule has 1 fully saturated rings. The van der Waals surface area contributed by atoms with Crippen molar-refractivity contribution in [1.29, 1.82) is 5.26 Å². The van der Waals surface area contributed by atoms with Gasteiger partial charge in [0.2, 0.25) is 0 Å². The van der Waals surface area contributed by atoms with Crippen molar-refractivity contribution in [2.75, 3.05) is 6.54 Å². The molecular weight excluding hydrogens is 186 g/mol. The van der Waals surface area contributed by atoms with Gasteiger partial charge in [-0.15, -0.1) is 0 Å². The molecule has 0 aromatic rings. The summed E-state index contributed by atoms with van der Waals surface area (Å²) in [7, 11) is 0. The third-order valence-electron chi connectivity index (χ3n) is 3.52. The van der Waals surface area contributed by atoms with Crippen molar-refractivity contribution in [1.82, 2.24) is 4.90 Å². The van der Waals surface area contributed by atoms with Crippen LogP contribution in [0.5, 0.6) is 0 Å². The molecule has 0 bridgehead atoms. The monoisotopic (exact) mass is 209 g/mol. The fourth-order valence-corrected chi connectivity index (χ4v) is 2.33. The average Bonchev–Trinajstić information content (AvgIpc) is 2.17. The first kappa shape index (κ1) is 12.5. The first-order chi connectivity index (χ1) is 6.96. The van der Waals surface area contributed by atoms with Crippen LogP contribution in [0.3, 0.4) is 0 Å². The lowest BCUT2D eigenvalue weighted by molar-refractivity contribution is 0.0975. The molecule has 0 spiro atoms. The van der Waals surface area contributed by atoms with Crippen LogP contribution in [-0.4, -0.2) is 29.1 Å². The number of hydrogen-bond donors (Lipinski definition) is 1. The molecule has 3 nitrogen and oxygen atoms in total. The van der Waals surface area contributed by atoms with E-state index < -0.39 is 5.54 Å². The van der Waals surface area contributed by atoms with Gasteiger partial charge >= 0.3 is 0 Å². The molecule has 0 saturated carbocycles. The maximum atomic E-state index is 8.86. The number of rotatable bonds is 3. The number of nitrogens with two attached hydrogens (primary N) is 1. The highest BCUT2D eigenvalue weighted by Gasteiger charge is 2.27. The van der Waals surface area contributed by atoms with Crippen LogP contribution in [0.1, 0.15) is 46.5 Å². The summed E-state index contributed by atoms with van der Waals surface area (Å²) in [4.78, 5) is 2.49. The molecule has 0 radical (unpaired) electrons. The molecule has 1 unspecified atom stereocenters. The van der Waals surface area contributed by atoms with Gasteiger partial charge in [-0.2, -0.15) is 5.26 Å². The average molecular weight is 209 g/mol. The smallest absolute Gasteiger partial charge is 0.102 e. The van der Waals surface area contributed by atoms with Crippen molar-refractivity contribution in [3.05, 3.63) is 0 Å². The van der Waals surface area contributed by atoms with E-state index in [-0.39, 0.29) is 0 Å². The SMILES string of the molecule is C[C@@H]1CCC[C@H](C)N1CCC(C)(N)C#N. The Morgan fingerprint density at radius 1 is 1.40 bits per heavy atom. The summed E-state index contributed by atoms with van der Waals surface area (Å²) >= 11 is 0. The number of hydrogen-bond acceptors (Lipinski definition) is 3. The molecule has 0 amide bonds. The number of likely N-dealkylation sites (tertiary alicyclic amines) is 1. The zero-order valence-electron chi connectivity index (χ0n) is 10.2. The lowest BCUT2D eigenvalue weighted by Gasteiger charge is -2.39. The van der Waals surface area contributed by atoms with Gasteiger partial charge in [-0.3, -0.25) is 4.90 Å². The van der Waals surface area contributed by atoms with Crippen molar-refractivity contribution in [3.8, 4) is 6.07 Å². The van der Waals surface area contributed by atoms with E-state index in [0.717, 1.165) is 13.0 Å². The number of nitriles is 1. The highest BCUT2D eigenvalue weighted by molar-refractivity contribution is 5.01. The Labute approximate surface area is 93.2 Å². The zero-order valence-corrected chi connectivity index (χ0v) is 10.2. The summed E-state index contributed by atoms with van der Waals surface area (Å²) in [5.74, 6) is 0. The Morgan fingerprint density at radius 3 is 2.40 bits per heavy atom. The van der Waals surface area contributed by atoms with Gasteiger partial charge in [0.05, 0.1) is 6.07 Å². The largest absolute Gasteiger partial charge is 0.314 e. The Kier molecular flexibility index (Phi) is 4.12. The van der Waals surface area contributed by atoms with Gasteiger partial charge in [0.15, 0.2) is 0 Å². The van der Waals surface area contributed by atoms with E-state index in [4.69, 9.17) is 11.0 Å². The van der Waals surface area contributed by atoms with Gasteiger partial charge in [0.25, 0.3) is 0 Å². The van der Waals surface area contributed by atoms with Crippen LogP contribution >= 0.6 is 0 Å². The first-order valence-corrected chi connectivity index (χ1v) is 5.92. The summed E-state index contributed by atoms with van der Waals surface area (Å²) in [5, 5.41) is 8.86. The summed E-state index contributed by atoms with van der Waals surface area (Å²) in [6.45, 7) is 7.31. The van der Waals surface area contributed by atoms with Crippen LogP contribution in [-0.2, 0) is 0 Å². The fourth-order valence-electron chi connectivity index (χ4n) is 2.33. The minimum atomic E-state index is -0.670. The first-order valence-electron chi connectivity index (χ1n) is 5.92. The van der Waals surface area contributed by atoms with Crippen LogP contribution < -0.4 is 5.73 Å². The summed E-state index contributed by atoms with van der Waals surface area (Å²) in [6.07, 6.45) is 4.64. The van der Waals surface area contributed by atoms with E-state index in [1.807, 2.05) is 6.92 Å². The van der Waals surface area contributed by atoms with Gasteiger partial charge in [-0.1, -0.05) is 6.42 Å². The molecule has 1 rings (SSSR count). The van der Waals surface area contributed by atoms with Gasteiger partial charge < -0.3 is 5.73 Å². The molecular formula is C12H23N3. The molecule has 2 N–H and O–H groups in total. The van der Waals surface area contributed by atoms with E-state index in [1.54, 1.807) is 0 Å². The van der Waals surface area contributed by atoms with E-state index in [0.29, 0.717) is 12.1 Å². The summed E-state index contributed by atoms with van der Waals surface area (Å²) in [5.41, 5.74) is 5.17. The van der Waals surface area contributed by atoms with Crippen molar-refractivity contribution in [3.63, 3.8) is 0 Å². The van der Waals surface area contributed by atoms with Crippen LogP contribution in [0.25, 0.3) is 0 Å². The molecule has 86 valence electrons. The molecule has 0 aliphatic carbocycles. The summed E-state index contributed by atoms with van der Waals surface area (Å²) in [6, 6.07) is 3.45. The Hall–Kier alpha value is -0.590. The third kappa shape index (κ3) is 3.48.